The summed E-state index contributed by atoms with van der Waals surface area (Å²) in [5.41, 5.74) is -2.26. The van der Waals surface area contributed by atoms with Gasteiger partial charge in [-0.3, -0.25) is 9.79 Å². The Kier molecular flexibility index (Phi) is 4.09. The van der Waals surface area contributed by atoms with Crippen molar-refractivity contribution in [2.75, 3.05) is 5.32 Å². The SMILES string of the molecule is O=C1C=NC(Cc2ccccc2)(C(F)(F)F)c2cc(Cl)ccc2N1. The number of alkyl halides is 3. The summed E-state index contributed by atoms with van der Waals surface area (Å²) >= 11 is 5.91. The third kappa shape index (κ3) is 2.89. The Balaban J connectivity index is 2.26. The van der Waals surface area contributed by atoms with E-state index >= 15 is 0 Å². The van der Waals surface area contributed by atoms with E-state index < -0.39 is 24.0 Å². The average Bonchev–Trinajstić information content (AvgIpc) is 2.66. The lowest BCUT2D eigenvalue weighted by Crippen LogP contribution is -2.43. The van der Waals surface area contributed by atoms with Crippen LogP contribution in [0.4, 0.5) is 18.9 Å². The lowest BCUT2D eigenvalue weighted by molar-refractivity contribution is -0.188. The largest absolute Gasteiger partial charge is 0.418 e. The summed E-state index contributed by atoms with van der Waals surface area (Å²) in [5, 5.41) is 2.56. The molecule has 0 aromatic heterocycles. The normalized spacial score (nSPS) is 20.2. The lowest BCUT2D eigenvalue weighted by atomic mass is 9.82. The van der Waals surface area contributed by atoms with Crippen LogP contribution in [-0.4, -0.2) is 18.3 Å². The van der Waals surface area contributed by atoms with E-state index in [-0.39, 0.29) is 16.3 Å². The van der Waals surface area contributed by atoms with Gasteiger partial charge < -0.3 is 5.32 Å². The molecule has 3 rings (SSSR count). The number of carbonyl (C=O) groups excluding carboxylic acids is 1. The third-order valence-electron chi connectivity index (χ3n) is 3.86. The molecule has 24 heavy (non-hydrogen) atoms. The van der Waals surface area contributed by atoms with Crippen molar-refractivity contribution in [3.05, 3.63) is 64.7 Å². The van der Waals surface area contributed by atoms with Crippen LogP contribution >= 0.6 is 11.6 Å². The van der Waals surface area contributed by atoms with Crippen LogP contribution in [0.15, 0.2) is 53.5 Å². The zero-order valence-electron chi connectivity index (χ0n) is 12.3. The van der Waals surface area contributed by atoms with Crippen molar-refractivity contribution < 1.29 is 18.0 Å². The van der Waals surface area contributed by atoms with Crippen molar-refractivity contribution in [1.29, 1.82) is 0 Å². The van der Waals surface area contributed by atoms with Crippen LogP contribution in [0.2, 0.25) is 5.02 Å². The fourth-order valence-corrected chi connectivity index (χ4v) is 2.90. The number of rotatable bonds is 2. The Hall–Kier alpha value is -2.34. The third-order valence-corrected chi connectivity index (χ3v) is 4.09. The molecule has 124 valence electrons. The maximum Gasteiger partial charge on any atom is 0.418 e. The van der Waals surface area contributed by atoms with E-state index in [4.69, 9.17) is 11.6 Å². The molecule has 1 aliphatic heterocycles. The lowest BCUT2D eigenvalue weighted by Gasteiger charge is -2.33. The number of anilines is 1. The van der Waals surface area contributed by atoms with Gasteiger partial charge in [-0.2, -0.15) is 13.2 Å². The zero-order valence-corrected chi connectivity index (χ0v) is 13.0. The molecular weight excluding hydrogens is 341 g/mol. The molecule has 0 radical (unpaired) electrons. The van der Waals surface area contributed by atoms with Gasteiger partial charge in [0, 0.05) is 22.7 Å². The minimum Gasteiger partial charge on any atom is -0.321 e. The number of aliphatic imine (C=N–C) groups is 1. The van der Waals surface area contributed by atoms with Gasteiger partial charge in [0.25, 0.3) is 5.91 Å². The van der Waals surface area contributed by atoms with Crippen molar-refractivity contribution in [3.63, 3.8) is 0 Å². The summed E-state index contributed by atoms with van der Waals surface area (Å²) in [4.78, 5) is 15.4. The smallest absolute Gasteiger partial charge is 0.321 e. The van der Waals surface area contributed by atoms with E-state index in [9.17, 15) is 18.0 Å². The fourth-order valence-electron chi connectivity index (χ4n) is 2.73. The number of hydrogen-bond acceptors (Lipinski definition) is 2. The number of hydrogen-bond donors (Lipinski definition) is 1. The number of carbonyl (C=O) groups is 1. The fraction of sp³-hybridized carbons (Fsp3) is 0.176. The van der Waals surface area contributed by atoms with Crippen LogP contribution in [0.25, 0.3) is 0 Å². The Morgan fingerprint density at radius 2 is 1.83 bits per heavy atom. The summed E-state index contributed by atoms with van der Waals surface area (Å²) in [7, 11) is 0. The molecule has 0 aliphatic carbocycles. The number of benzene rings is 2. The molecule has 1 heterocycles. The molecule has 1 aliphatic rings. The van der Waals surface area contributed by atoms with Gasteiger partial charge in [0.2, 0.25) is 0 Å². The maximum atomic E-state index is 14.1. The second-order valence-electron chi connectivity index (χ2n) is 5.46. The molecule has 0 bridgehead atoms. The Bertz CT molecular complexity index is 805. The molecule has 1 unspecified atom stereocenters. The maximum absolute atomic E-state index is 14.1. The van der Waals surface area contributed by atoms with Gasteiger partial charge in [0.05, 0.1) is 6.21 Å². The highest BCUT2D eigenvalue weighted by Gasteiger charge is 2.57. The highest BCUT2D eigenvalue weighted by molar-refractivity contribution is 6.33. The van der Waals surface area contributed by atoms with Gasteiger partial charge in [-0.25, -0.2) is 0 Å². The topological polar surface area (TPSA) is 41.5 Å². The van der Waals surface area contributed by atoms with Gasteiger partial charge in [0.1, 0.15) is 0 Å². The van der Waals surface area contributed by atoms with E-state index in [0.717, 1.165) is 0 Å². The van der Waals surface area contributed by atoms with Crippen LogP contribution in [-0.2, 0) is 16.8 Å². The highest BCUT2D eigenvalue weighted by atomic mass is 35.5. The molecule has 0 saturated heterocycles. The van der Waals surface area contributed by atoms with Gasteiger partial charge in [-0.15, -0.1) is 0 Å². The summed E-state index contributed by atoms with van der Waals surface area (Å²) in [6, 6.07) is 12.2. The first-order valence-electron chi connectivity index (χ1n) is 7.09. The number of halogens is 4. The summed E-state index contributed by atoms with van der Waals surface area (Å²) < 4.78 is 42.3. The summed E-state index contributed by atoms with van der Waals surface area (Å²) in [5.74, 6) is -0.710. The first kappa shape index (κ1) is 16.5. The van der Waals surface area contributed by atoms with Gasteiger partial charge in [-0.05, 0) is 23.8 Å². The zero-order chi connectivity index (χ0) is 17.4. The molecule has 0 spiro atoms. The van der Waals surface area contributed by atoms with Crippen molar-refractivity contribution in [2.45, 2.75) is 18.1 Å². The molecule has 7 heteroatoms. The van der Waals surface area contributed by atoms with Crippen molar-refractivity contribution in [1.82, 2.24) is 0 Å². The monoisotopic (exact) mass is 352 g/mol. The predicted molar refractivity (Wildman–Crippen MR) is 86.5 cm³/mol. The van der Waals surface area contributed by atoms with Crippen molar-refractivity contribution in [3.8, 4) is 0 Å². The number of nitrogens with zero attached hydrogens (tertiary/aromatic N) is 1. The molecule has 1 amide bonds. The Morgan fingerprint density at radius 3 is 2.50 bits per heavy atom. The first-order valence-corrected chi connectivity index (χ1v) is 7.46. The molecule has 2 aromatic carbocycles. The van der Waals surface area contributed by atoms with E-state index in [1.807, 2.05) is 0 Å². The second-order valence-corrected chi connectivity index (χ2v) is 5.89. The van der Waals surface area contributed by atoms with Gasteiger partial charge in [-0.1, -0.05) is 41.9 Å². The molecule has 3 nitrogen and oxygen atoms in total. The Morgan fingerprint density at radius 1 is 1.12 bits per heavy atom. The standard InChI is InChI=1S/C17H12ClF3N2O/c18-12-6-7-14-13(8-12)16(17(19,20)21,22-10-15(24)23-14)9-11-4-2-1-3-5-11/h1-8,10H,9H2,(H,23,24). The number of nitrogens with one attached hydrogen (secondary N) is 1. The van der Waals surface area contributed by atoms with Crippen LogP contribution in [0.5, 0.6) is 0 Å². The highest BCUT2D eigenvalue weighted by Crippen LogP contribution is 2.48. The average molecular weight is 353 g/mol. The molecule has 2 aromatic rings. The van der Waals surface area contributed by atoms with Crippen molar-refractivity contribution >= 4 is 29.4 Å². The van der Waals surface area contributed by atoms with Gasteiger partial charge in [0.15, 0.2) is 5.54 Å². The van der Waals surface area contributed by atoms with E-state index in [0.29, 0.717) is 11.8 Å². The van der Waals surface area contributed by atoms with Crippen LogP contribution < -0.4 is 5.32 Å². The van der Waals surface area contributed by atoms with E-state index in [1.165, 1.54) is 18.2 Å². The minimum absolute atomic E-state index is 0.0511. The molecular formula is C17H12ClF3N2O. The first-order chi connectivity index (χ1) is 11.3. The van der Waals surface area contributed by atoms with E-state index in [2.05, 4.69) is 10.3 Å². The molecule has 1 N–H and O–H groups in total. The minimum atomic E-state index is -4.72. The predicted octanol–water partition coefficient (Wildman–Crippen LogP) is 4.36. The number of amides is 1. The summed E-state index contributed by atoms with van der Waals surface area (Å²) in [6.07, 6.45) is -4.47. The van der Waals surface area contributed by atoms with Crippen LogP contribution in [0.3, 0.4) is 0 Å². The summed E-state index contributed by atoms with van der Waals surface area (Å²) in [6.45, 7) is 0. The second kappa shape index (κ2) is 5.94. The van der Waals surface area contributed by atoms with Crippen molar-refractivity contribution in [2.24, 2.45) is 4.99 Å². The molecule has 0 saturated carbocycles. The molecule has 0 fully saturated rings. The Labute approximate surface area is 141 Å². The van der Waals surface area contributed by atoms with Gasteiger partial charge >= 0.3 is 6.18 Å². The van der Waals surface area contributed by atoms with Crippen LogP contribution in [0, 0.1) is 0 Å². The van der Waals surface area contributed by atoms with E-state index in [1.54, 1.807) is 30.3 Å². The quantitative estimate of drug-likeness (QED) is 0.857. The number of fused-ring (bicyclic) bond motifs is 1. The molecule has 1 atom stereocenters. The van der Waals surface area contributed by atoms with Crippen LogP contribution in [0.1, 0.15) is 11.1 Å².